The molecule has 0 spiro atoms. The van der Waals surface area contributed by atoms with Crippen molar-refractivity contribution in [1.82, 2.24) is 0 Å². The quantitative estimate of drug-likeness (QED) is 0.785. The van der Waals surface area contributed by atoms with E-state index in [4.69, 9.17) is 9.47 Å². The summed E-state index contributed by atoms with van der Waals surface area (Å²) in [7, 11) is 0. The van der Waals surface area contributed by atoms with Crippen molar-refractivity contribution in [3.8, 4) is 5.75 Å². The third-order valence-corrected chi connectivity index (χ3v) is 3.35. The molecule has 4 heteroatoms. The van der Waals surface area contributed by atoms with Crippen LogP contribution < -0.4 is 4.74 Å². The van der Waals surface area contributed by atoms with E-state index in [0.29, 0.717) is 18.8 Å². The average Bonchev–Trinajstić information content (AvgIpc) is 2.89. The van der Waals surface area contributed by atoms with Gasteiger partial charge in [0.05, 0.1) is 12.7 Å². The Morgan fingerprint density at radius 2 is 2.24 bits per heavy atom. The first kappa shape index (κ1) is 10.6. The van der Waals surface area contributed by atoms with Crippen LogP contribution >= 0.6 is 0 Å². The Hall–Kier alpha value is -1.55. The van der Waals surface area contributed by atoms with E-state index in [1.807, 2.05) is 18.2 Å². The molecule has 1 N–H and O–H groups in total. The number of esters is 1. The molecular weight excluding hydrogens is 220 g/mol. The van der Waals surface area contributed by atoms with Crippen molar-refractivity contribution in [2.45, 2.75) is 31.5 Å². The van der Waals surface area contributed by atoms with Gasteiger partial charge in [-0.25, -0.2) is 4.79 Å². The molecule has 2 aliphatic rings. The number of carbonyl (C=O) groups is 1. The van der Waals surface area contributed by atoms with Crippen LogP contribution in [0.25, 0.3) is 0 Å². The molecule has 3 rings (SSSR count). The number of hydrogen-bond acceptors (Lipinski definition) is 4. The van der Waals surface area contributed by atoms with E-state index >= 15 is 0 Å². The van der Waals surface area contributed by atoms with E-state index in [-0.39, 0.29) is 5.97 Å². The van der Waals surface area contributed by atoms with Gasteiger partial charge < -0.3 is 14.6 Å². The van der Waals surface area contributed by atoms with E-state index in [1.54, 1.807) is 0 Å². The minimum atomic E-state index is -0.487. The Morgan fingerprint density at radius 1 is 1.35 bits per heavy atom. The number of rotatable bonds is 2. The molecule has 90 valence electrons. The number of aliphatic hydroxyl groups excluding tert-OH is 1. The van der Waals surface area contributed by atoms with E-state index in [0.717, 1.165) is 24.0 Å². The third kappa shape index (κ3) is 1.78. The summed E-state index contributed by atoms with van der Waals surface area (Å²) >= 11 is 0. The monoisotopic (exact) mass is 234 g/mol. The fraction of sp³-hybridized carbons (Fsp3) is 0.462. The van der Waals surface area contributed by atoms with Crippen LogP contribution in [0.5, 0.6) is 5.75 Å². The summed E-state index contributed by atoms with van der Waals surface area (Å²) in [5, 5.41) is 9.77. The van der Waals surface area contributed by atoms with E-state index in [1.165, 1.54) is 0 Å². The highest BCUT2D eigenvalue weighted by molar-refractivity contribution is 5.76. The Labute approximate surface area is 99.2 Å². The van der Waals surface area contributed by atoms with Crippen LogP contribution in [-0.2, 0) is 16.0 Å². The lowest BCUT2D eigenvalue weighted by atomic mass is 10.1. The first-order chi connectivity index (χ1) is 8.25. The molecule has 0 amide bonds. The Morgan fingerprint density at radius 3 is 3.00 bits per heavy atom. The molecule has 4 nitrogen and oxygen atoms in total. The zero-order valence-corrected chi connectivity index (χ0v) is 9.39. The van der Waals surface area contributed by atoms with Gasteiger partial charge in [-0.1, -0.05) is 12.1 Å². The Balaban J connectivity index is 1.86. The second-order valence-corrected chi connectivity index (χ2v) is 4.44. The molecule has 2 atom stereocenters. The summed E-state index contributed by atoms with van der Waals surface area (Å²) in [5.74, 6) is 0.420. The molecule has 1 aromatic carbocycles. The van der Waals surface area contributed by atoms with Gasteiger partial charge in [-0.3, -0.25) is 0 Å². The van der Waals surface area contributed by atoms with E-state index in [2.05, 4.69) is 0 Å². The molecule has 1 heterocycles. The number of aliphatic hydroxyl groups is 1. The van der Waals surface area contributed by atoms with Gasteiger partial charge in [0.25, 0.3) is 0 Å². The number of hydrogen-bond donors (Lipinski definition) is 1. The molecule has 0 bridgehead atoms. The second-order valence-electron chi connectivity index (χ2n) is 4.44. The molecule has 1 aliphatic heterocycles. The van der Waals surface area contributed by atoms with Gasteiger partial charge in [-0.15, -0.1) is 0 Å². The SMILES string of the molecule is O=C1OCCC1Oc1cccc2c1CCC2O. The zero-order chi connectivity index (χ0) is 11.8. The summed E-state index contributed by atoms with van der Waals surface area (Å²) in [5.41, 5.74) is 1.95. The average molecular weight is 234 g/mol. The highest BCUT2D eigenvalue weighted by Crippen LogP contribution is 2.37. The van der Waals surface area contributed by atoms with Crippen molar-refractivity contribution >= 4 is 5.97 Å². The van der Waals surface area contributed by atoms with Crippen LogP contribution in [0, 0.1) is 0 Å². The molecule has 2 unspecified atom stereocenters. The lowest BCUT2D eigenvalue weighted by Gasteiger charge is -2.13. The molecule has 17 heavy (non-hydrogen) atoms. The van der Waals surface area contributed by atoms with Crippen LogP contribution in [0.4, 0.5) is 0 Å². The van der Waals surface area contributed by atoms with Crippen molar-refractivity contribution in [1.29, 1.82) is 0 Å². The lowest BCUT2D eigenvalue weighted by molar-refractivity contribution is -0.143. The smallest absolute Gasteiger partial charge is 0.347 e. The van der Waals surface area contributed by atoms with Gasteiger partial charge in [-0.2, -0.15) is 0 Å². The highest BCUT2D eigenvalue weighted by Gasteiger charge is 2.30. The summed E-state index contributed by atoms with van der Waals surface area (Å²) in [6.07, 6.45) is 1.24. The van der Waals surface area contributed by atoms with Crippen LogP contribution in [0.3, 0.4) is 0 Å². The normalized spacial score (nSPS) is 26.8. The first-order valence-corrected chi connectivity index (χ1v) is 5.89. The van der Waals surface area contributed by atoms with Crippen molar-refractivity contribution in [3.63, 3.8) is 0 Å². The van der Waals surface area contributed by atoms with Crippen LogP contribution in [0.15, 0.2) is 18.2 Å². The highest BCUT2D eigenvalue weighted by atomic mass is 16.6. The third-order valence-electron chi connectivity index (χ3n) is 3.35. The van der Waals surface area contributed by atoms with Gasteiger partial charge in [0, 0.05) is 12.0 Å². The fourth-order valence-corrected chi connectivity index (χ4v) is 2.45. The maximum Gasteiger partial charge on any atom is 0.347 e. The minimum absolute atomic E-state index is 0.291. The molecule has 0 radical (unpaired) electrons. The number of benzene rings is 1. The number of fused-ring (bicyclic) bond motifs is 1. The predicted octanol–water partition coefficient (Wildman–Crippen LogP) is 1.36. The molecule has 1 saturated heterocycles. The van der Waals surface area contributed by atoms with Gasteiger partial charge >= 0.3 is 5.97 Å². The summed E-state index contributed by atoms with van der Waals surface area (Å²) in [6.45, 7) is 0.432. The zero-order valence-electron chi connectivity index (χ0n) is 9.39. The van der Waals surface area contributed by atoms with E-state index < -0.39 is 12.2 Å². The molecule has 1 aliphatic carbocycles. The van der Waals surface area contributed by atoms with Gasteiger partial charge in [-0.05, 0) is 24.5 Å². The number of carbonyl (C=O) groups excluding carboxylic acids is 1. The van der Waals surface area contributed by atoms with Crippen molar-refractivity contribution < 1.29 is 19.4 Å². The van der Waals surface area contributed by atoms with E-state index in [9.17, 15) is 9.90 Å². The predicted molar refractivity (Wildman–Crippen MR) is 59.7 cm³/mol. The molecule has 0 aromatic heterocycles. The molecule has 1 aromatic rings. The summed E-state index contributed by atoms with van der Waals surface area (Å²) < 4.78 is 10.6. The van der Waals surface area contributed by atoms with Gasteiger partial charge in [0.2, 0.25) is 0 Å². The lowest BCUT2D eigenvalue weighted by Crippen LogP contribution is -2.22. The number of cyclic esters (lactones) is 1. The topological polar surface area (TPSA) is 55.8 Å². The molecule has 0 saturated carbocycles. The minimum Gasteiger partial charge on any atom is -0.478 e. The first-order valence-electron chi connectivity index (χ1n) is 5.89. The Kier molecular flexibility index (Phi) is 2.52. The van der Waals surface area contributed by atoms with Gasteiger partial charge in [0.15, 0.2) is 6.10 Å². The van der Waals surface area contributed by atoms with Crippen molar-refractivity contribution in [3.05, 3.63) is 29.3 Å². The number of ether oxygens (including phenoxy) is 2. The summed E-state index contributed by atoms with van der Waals surface area (Å²) in [4.78, 5) is 11.3. The maximum atomic E-state index is 11.3. The second kappa shape index (κ2) is 4.04. The Bertz CT molecular complexity index is 455. The molecule has 1 fully saturated rings. The fourth-order valence-electron chi connectivity index (χ4n) is 2.45. The molecular formula is C13H14O4. The largest absolute Gasteiger partial charge is 0.478 e. The van der Waals surface area contributed by atoms with Crippen LogP contribution in [0.2, 0.25) is 0 Å². The van der Waals surface area contributed by atoms with Crippen molar-refractivity contribution in [2.75, 3.05) is 6.61 Å². The van der Waals surface area contributed by atoms with Crippen LogP contribution in [0.1, 0.15) is 30.1 Å². The maximum absolute atomic E-state index is 11.3. The van der Waals surface area contributed by atoms with Gasteiger partial charge in [0.1, 0.15) is 5.75 Å². The standard InChI is InChI=1S/C13H14O4/c14-10-5-4-9-8(10)2-1-3-11(9)17-12-6-7-16-13(12)15/h1-3,10,12,14H,4-7H2. The summed E-state index contributed by atoms with van der Waals surface area (Å²) in [6, 6.07) is 5.61. The van der Waals surface area contributed by atoms with Crippen molar-refractivity contribution in [2.24, 2.45) is 0 Å². The van der Waals surface area contributed by atoms with Crippen LogP contribution in [-0.4, -0.2) is 23.8 Å².